The molecule has 10 heteroatoms. The molecule has 4 heterocycles. The van der Waals surface area contributed by atoms with Crippen LogP contribution >= 0.6 is 0 Å². The van der Waals surface area contributed by atoms with Gasteiger partial charge >= 0.3 is 0 Å². The summed E-state index contributed by atoms with van der Waals surface area (Å²) in [6.07, 6.45) is 1.47. The monoisotopic (exact) mass is 383 g/mol. The fourth-order valence-corrected chi connectivity index (χ4v) is 3.31. The SMILES string of the molecule is CNc1cc(C)nc(Nc2cnc(OC)c(C3N=C4CN(C)CCN4N3)c2)n1. The van der Waals surface area contributed by atoms with Gasteiger partial charge in [0.1, 0.15) is 17.8 Å². The van der Waals surface area contributed by atoms with Gasteiger partial charge < -0.3 is 15.4 Å². The number of fused-ring (bicyclic) bond motifs is 1. The van der Waals surface area contributed by atoms with Gasteiger partial charge in [-0.2, -0.15) is 4.98 Å². The third-order valence-corrected chi connectivity index (χ3v) is 4.72. The van der Waals surface area contributed by atoms with E-state index in [1.54, 1.807) is 13.3 Å². The summed E-state index contributed by atoms with van der Waals surface area (Å²) >= 11 is 0. The topological polar surface area (TPSA) is 103 Å². The second-order valence-electron chi connectivity index (χ2n) is 6.88. The molecule has 2 aromatic heterocycles. The zero-order chi connectivity index (χ0) is 19.7. The minimum Gasteiger partial charge on any atom is -0.481 e. The predicted octanol–water partition coefficient (Wildman–Crippen LogP) is 1.14. The number of hydrazine groups is 1. The maximum Gasteiger partial charge on any atom is 0.229 e. The average molecular weight is 383 g/mol. The van der Waals surface area contributed by atoms with E-state index in [4.69, 9.17) is 9.73 Å². The molecule has 0 bridgehead atoms. The number of piperazine rings is 1. The average Bonchev–Trinajstić information content (AvgIpc) is 3.10. The van der Waals surface area contributed by atoms with Crippen LogP contribution in [0.1, 0.15) is 17.4 Å². The summed E-state index contributed by atoms with van der Waals surface area (Å²) in [5, 5.41) is 8.37. The van der Waals surface area contributed by atoms with Crippen molar-refractivity contribution in [1.29, 1.82) is 0 Å². The number of pyridine rings is 1. The minimum atomic E-state index is -0.239. The number of nitrogens with one attached hydrogen (secondary N) is 3. The van der Waals surface area contributed by atoms with E-state index in [0.29, 0.717) is 11.8 Å². The number of likely N-dealkylation sites (N-methyl/N-ethyl adjacent to an activating group) is 1. The Morgan fingerprint density at radius 3 is 2.89 bits per heavy atom. The summed E-state index contributed by atoms with van der Waals surface area (Å²) in [7, 11) is 5.54. The number of rotatable bonds is 5. The van der Waals surface area contributed by atoms with Crippen molar-refractivity contribution in [2.75, 3.05) is 51.5 Å². The predicted molar refractivity (Wildman–Crippen MR) is 108 cm³/mol. The molecule has 2 aliphatic rings. The molecule has 2 aromatic rings. The highest BCUT2D eigenvalue weighted by molar-refractivity contribution is 5.86. The van der Waals surface area contributed by atoms with Crippen LogP contribution in [0.4, 0.5) is 17.5 Å². The molecular formula is C18H25N9O. The van der Waals surface area contributed by atoms with E-state index < -0.39 is 0 Å². The van der Waals surface area contributed by atoms with Crippen LogP contribution in [0.25, 0.3) is 0 Å². The number of methoxy groups -OCH3 is 1. The van der Waals surface area contributed by atoms with Crippen molar-refractivity contribution in [3.05, 3.63) is 29.6 Å². The van der Waals surface area contributed by atoms with Crippen LogP contribution in [0.2, 0.25) is 0 Å². The van der Waals surface area contributed by atoms with Crippen LogP contribution in [0.3, 0.4) is 0 Å². The lowest BCUT2D eigenvalue weighted by Crippen LogP contribution is -2.51. The van der Waals surface area contributed by atoms with Crippen molar-refractivity contribution in [3.8, 4) is 5.88 Å². The summed E-state index contributed by atoms with van der Waals surface area (Å²) in [6.45, 7) is 4.63. The standard InChI is InChI=1S/C18H25N9O/c1-11-7-14(19-2)23-18(21-11)22-12-8-13(17(28-4)20-9-12)16-24-15-10-26(3)5-6-27(15)25-16/h7-9,16,25H,5-6,10H2,1-4H3,(H2,19,21,22,23). The molecule has 3 N–H and O–H groups in total. The Hall–Kier alpha value is -2.98. The molecule has 148 valence electrons. The Labute approximate surface area is 164 Å². The fraction of sp³-hybridized carbons (Fsp3) is 0.444. The molecule has 1 atom stereocenters. The number of aromatic nitrogens is 3. The molecule has 1 fully saturated rings. The van der Waals surface area contributed by atoms with Gasteiger partial charge in [-0.3, -0.25) is 9.91 Å². The molecule has 0 aliphatic carbocycles. The highest BCUT2D eigenvalue weighted by Gasteiger charge is 2.31. The number of nitrogens with zero attached hydrogens (tertiary/aromatic N) is 6. The number of aryl methyl sites for hydroxylation is 1. The summed E-state index contributed by atoms with van der Waals surface area (Å²) in [5.74, 6) is 2.83. The van der Waals surface area contributed by atoms with Gasteiger partial charge in [-0.25, -0.2) is 20.4 Å². The molecule has 0 radical (unpaired) electrons. The molecule has 0 spiro atoms. The zero-order valence-corrected chi connectivity index (χ0v) is 16.5. The number of hydrogen-bond acceptors (Lipinski definition) is 10. The van der Waals surface area contributed by atoms with Gasteiger partial charge in [0.05, 0.1) is 31.1 Å². The Kier molecular flexibility index (Phi) is 4.97. The van der Waals surface area contributed by atoms with Gasteiger partial charge in [-0.05, 0) is 20.0 Å². The third kappa shape index (κ3) is 3.69. The first kappa shape index (κ1) is 18.4. The molecule has 1 unspecified atom stereocenters. The first-order valence-electron chi connectivity index (χ1n) is 9.19. The maximum atomic E-state index is 5.47. The minimum absolute atomic E-state index is 0.239. The molecular weight excluding hydrogens is 358 g/mol. The van der Waals surface area contributed by atoms with Gasteiger partial charge in [0.2, 0.25) is 11.8 Å². The van der Waals surface area contributed by atoms with Crippen LogP contribution < -0.4 is 20.8 Å². The molecule has 1 saturated heterocycles. The quantitative estimate of drug-likeness (QED) is 0.701. The van der Waals surface area contributed by atoms with Crippen LogP contribution in [0.5, 0.6) is 5.88 Å². The van der Waals surface area contributed by atoms with Crippen molar-refractivity contribution in [3.63, 3.8) is 0 Å². The van der Waals surface area contributed by atoms with Crippen LogP contribution in [0, 0.1) is 6.92 Å². The number of ether oxygens (including phenoxy) is 1. The summed E-state index contributed by atoms with van der Waals surface area (Å²) in [5.41, 5.74) is 5.94. The van der Waals surface area contributed by atoms with E-state index in [1.807, 2.05) is 26.1 Å². The lowest BCUT2D eigenvalue weighted by Gasteiger charge is -2.31. The second kappa shape index (κ2) is 7.56. The Morgan fingerprint density at radius 2 is 2.11 bits per heavy atom. The van der Waals surface area contributed by atoms with Crippen molar-refractivity contribution in [2.24, 2.45) is 4.99 Å². The highest BCUT2D eigenvalue weighted by Crippen LogP contribution is 2.31. The highest BCUT2D eigenvalue weighted by atomic mass is 16.5. The van der Waals surface area contributed by atoms with Crippen LogP contribution in [-0.4, -0.2) is 71.5 Å². The van der Waals surface area contributed by atoms with Crippen molar-refractivity contribution >= 4 is 23.3 Å². The lowest BCUT2D eigenvalue weighted by atomic mass is 10.2. The number of aliphatic imine (C=N–C) groups is 1. The Bertz CT molecular complexity index is 901. The van der Waals surface area contributed by atoms with Crippen LogP contribution in [-0.2, 0) is 0 Å². The second-order valence-corrected chi connectivity index (χ2v) is 6.88. The van der Waals surface area contributed by atoms with Crippen LogP contribution in [0.15, 0.2) is 23.3 Å². The molecule has 0 aromatic carbocycles. The van der Waals surface area contributed by atoms with Gasteiger partial charge in [0.25, 0.3) is 0 Å². The van der Waals surface area contributed by atoms with Gasteiger partial charge in [-0.15, -0.1) is 0 Å². The Balaban J connectivity index is 1.61. The first-order chi connectivity index (χ1) is 13.6. The smallest absolute Gasteiger partial charge is 0.229 e. The molecule has 0 amide bonds. The van der Waals surface area contributed by atoms with E-state index in [-0.39, 0.29) is 6.17 Å². The van der Waals surface area contributed by atoms with Gasteiger partial charge in [0, 0.05) is 31.9 Å². The number of anilines is 3. The molecule has 2 aliphatic heterocycles. The normalized spacial score (nSPS) is 19.2. The van der Waals surface area contributed by atoms with Crippen molar-refractivity contribution in [2.45, 2.75) is 13.1 Å². The molecule has 10 nitrogen and oxygen atoms in total. The van der Waals surface area contributed by atoms with Gasteiger partial charge in [0.15, 0.2) is 0 Å². The molecule has 28 heavy (non-hydrogen) atoms. The van der Waals surface area contributed by atoms with Crippen molar-refractivity contribution in [1.82, 2.24) is 30.3 Å². The van der Waals surface area contributed by atoms with E-state index in [0.717, 1.165) is 48.2 Å². The molecule has 0 saturated carbocycles. The van der Waals surface area contributed by atoms with E-state index >= 15 is 0 Å². The molecule has 4 rings (SSSR count). The largest absolute Gasteiger partial charge is 0.481 e. The lowest BCUT2D eigenvalue weighted by molar-refractivity contribution is 0.218. The fourth-order valence-electron chi connectivity index (χ4n) is 3.31. The third-order valence-electron chi connectivity index (χ3n) is 4.72. The van der Waals surface area contributed by atoms with E-state index in [1.165, 1.54) is 0 Å². The number of amidine groups is 1. The summed E-state index contributed by atoms with van der Waals surface area (Å²) in [4.78, 5) is 20.4. The zero-order valence-electron chi connectivity index (χ0n) is 16.5. The number of hydrogen-bond donors (Lipinski definition) is 3. The first-order valence-corrected chi connectivity index (χ1v) is 9.19. The summed E-state index contributed by atoms with van der Waals surface area (Å²) < 4.78 is 5.47. The van der Waals surface area contributed by atoms with Crippen molar-refractivity contribution < 1.29 is 4.74 Å². The maximum absolute atomic E-state index is 5.47. The van der Waals surface area contributed by atoms with Gasteiger partial charge in [-0.1, -0.05) is 0 Å². The van der Waals surface area contributed by atoms with E-state index in [9.17, 15) is 0 Å². The summed E-state index contributed by atoms with van der Waals surface area (Å²) in [6, 6.07) is 3.86. The Morgan fingerprint density at radius 1 is 1.25 bits per heavy atom. The van der Waals surface area contributed by atoms with E-state index in [2.05, 4.69) is 48.0 Å².